The molecule has 31 heteroatoms. The number of nitrogens with zero attached hydrogens (tertiary/aromatic N) is 11. The van der Waals surface area contributed by atoms with Gasteiger partial charge in [-0.3, -0.25) is 57.6 Å². The number of aliphatic hydroxyl groups excluding tert-OH is 1. The number of tetrazole rings is 1. The Balaban J connectivity index is 1.86. The van der Waals surface area contributed by atoms with Crippen LogP contribution in [-0.4, -0.2) is 291 Å². The molecule has 0 saturated carbocycles. The summed E-state index contributed by atoms with van der Waals surface area (Å²) in [6, 6.07) is -5.06. The van der Waals surface area contributed by atoms with E-state index < -0.39 is 161 Å². The van der Waals surface area contributed by atoms with Gasteiger partial charge >= 0.3 is 0 Å². The van der Waals surface area contributed by atoms with Crippen LogP contribution < -0.4 is 26.6 Å². The largest absolute Gasteiger partial charge is 0.390 e. The predicted molar refractivity (Wildman–Crippen MR) is 405 cm³/mol. The van der Waals surface area contributed by atoms with Crippen molar-refractivity contribution in [1.29, 1.82) is 0 Å². The Hall–Kier alpha value is -7.35. The number of amides is 11. The highest BCUT2D eigenvalue weighted by molar-refractivity contribution is 7.99. The van der Waals surface area contributed by atoms with Gasteiger partial charge in [-0.05, 0) is 144 Å². The van der Waals surface area contributed by atoms with Crippen molar-refractivity contribution in [2.45, 2.75) is 252 Å². The fraction of sp³-hybridized carbons (Fsp3) is 0.760. The maximum Gasteiger partial charge on any atom is 0.246 e. The molecule has 4 rings (SSSR count). The highest BCUT2D eigenvalue weighted by atomic mass is 32.2. The van der Waals surface area contributed by atoms with E-state index in [-0.39, 0.29) is 50.0 Å². The Bertz CT molecular complexity index is 3190. The molecule has 2 aliphatic rings. The Morgan fingerprint density at radius 3 is 1.63 bits per heavy atom. The number of hydrogen-bond donors (Lipinski definition) is 6. The molecule has 598 valence electrons. The zero-order chi connectivity index (χ0) is 79.7. The summed E-state index contributed by atoms with van der Waals surface area (Å²) >= 11 is 1.45. The highest BCUT2D eigenvalue weighted by Crippen LogP contribution is 2.26. The molecule has 0 spiro atoms. The van der Waals surface area contributed by atoms with Gasteiger partial charge < -0.3 is 70.6 Å². The number of carbonyl (C=O) groups excluding carboxylic acids is 11. The monoisotopic (exact) mass is 1510 g/mol. The summed E-state index contributed by atoms with van der Waals surface area (Å²) in [7, 11) is 8.52. The Morgan fingerprint density at radius 2 is 1.07 bits per heavy atom. The summed E-state index contributed by atoms with van der Waals surface area (Å²) in [4.78, 5) is 174. The highest BCUT2D eigenvalue weighted by Gasteiger charge is 2.45. The number of likely N-dealkylation sites (N-methyl/N-ethyl adjacent to an activating group) is 6. The lowest BCUT2D eigenvalue weighted by Crippen LogP contribution is -2.64. The second kappa shape index (κ2) is 43.6. The first-order valence-corrected chi connectivity index (χ1v) is 39.0. The van der Waals surface area contributed by atoms with Crippen molar-refractivity contribution in [1.82, 2.24) is 81.1 Å². The van der Waals surface area contributed by atoms with Crippen LogP contribution in [0.25, 0.3) is 5.69 Å². The molecule has 2 fully saturated rings. The van der Waals surface area contributed by atoms with Gasteiger partial charge in [-0.2, -0.15) is 4.68 Å². The van der Waals surface area contributed by atoms with E-state index in [0.717, 1.165) is 36.6 Å². The minimum atomic E-state index is -1.73. The topological polar surface area (TPSA) is 353 Å². The molecule has 0 unspecified atom stereocenters. The van der Waals surface area contributed by atoms with Gasteiger partial charge in [0.2, 0.25) is 70.1 Å². The fourth-order valence-electron chi connectivity index (χ4n) is 13.4. The third kappa shape index (κ3) is 25.9. The quantitative estimate of drug-likeness (QED) is 0.0609. The summed E-state index contributed by atoms with van der Waals surface area (Å²) in [5.74, 6) is -9.82. The predicted octanol–water partition coefficient (Wildman–Crippen LogP) is 3.76. The van der Waals surface area contributed by atoms with Crippen molar-refractivity contribution in [2.24, 2.45) is 35.5 Å². The molecule has 0 radical (unpaired) electrons. The Kier molecular flexibility index (Phi) is 37.4. The number of aliphatic hydroxyl groups is 1. The van der Waals surface area contributed by atoms with Crippen LogP contribution in [0.2, 0.25) is 0 Å². The molecule has 106 heavy (non-hydrogen) atoms. The number of nitrogens with one attached hydrogen (secondary N) is 5. The lowest BCUT2D eigenvalue weighted by Gasteiger charge is -2.40. The van der Waals surface area contributed by atoms with Crippen LogP contribution in [0, 0.1) is 35.5 Å². The fourth-order valence-corrected chi connectivity index (χ4v) is 14.3. The number of thioether (sulfide) groups is 1. The molecule has 3 heterocycles. The van der Waals surface area contributed by atoms with E-state index in [1.165, 1.54) is 99.3 Å². The number of ether oxygens (including phenoxy) is 2. The number of carbonyl (C=O) groups is 11. The molecular weight excluding hydrogens is 1380 g/mol. The summed E-state index contributed by atoms with van der Waals surface area (Å²) < 4.78 is 13.5. The molecule has 2 saturated heterocycles. The third-order valence-electron chi connectivity index (χ3n) is 20.2. The normalized spacial score (nSPS) is 25.7. The smallest absolute Gasteiger partial charge is 0.246 e. The van der Waals surface area contributed by atoms with Crippen molar-refractivity contribution < 1.29 is 67.3 Å². The lowest BCUT2D eigenvalue weighted by molar-refractivity contribution is -0.154. The number of aromatic nitrogens is 4. The number of unbranched alkanes of at least 4 members (excludes halogenated alkanes) is 2. The van der Waals surface area contributed by atoms with Crippen molar-refractivity contribution >= 4 is 76.7 Å². The van der Waals surface area contributed by atoms with Gasteiger partial charge in [0, 0.05) is 67.7 Å². The van der Waals surface area contributed by atoms with Crippen LogP contribution in [0.3, 0.4) is 0 Å². The van der Waals surface area contributed by atoms with Gasteiger partial charge in [0.1, 0.15) is 66.5 Å². The minimum absolute atomic E-state index is 0.0340. The zero-order valence-corrected chi connectivity index (χ0v) is 68.1. The number of para-hydroxylation sites is 1. The van der Waals surface area contributed by atoms with E-state index in [1.54, 1.807) is 53.1 Å². The van der Waals surface area contributed by atoms with Gasteiger partial charge in [0.05, 0.1) is 31.1 Å². The van der Waals surface area contributed by atoms with Crippen LogP contribution in [0.4, 0.5) is 0 Å². The van der Waals surface area contributed by atoms with E-state index in [2.05, 4.69) is 47.0 Å². The molecule has 0 aliphatic carbocycles. The van der Waals surface area contributed by atoms with E-state index in [4.69, 9.17) is 9.47 Å². The van der Waals surface area contributed by atoms with Crippen molar-refractivity contribution in [3.63, 3.8) is 0 Å². The lowest BCUT2D eigenvalue weighted by atomic mass is 9.91. The maximum atomic E-state index is 15.3. The number of rotatable bonds is 25. The molecule has 30 nitrogen and oxygen atoms in total. The van der Waals surface area contributed by atoms with E-state index in [1.807, 2.05) is 71.9 Å². The number of benzene rings is 1. The first kappa shape index (κ1) is 91.0. The third-order valence-corrected chi connectivity index (χ3v) is 21.2. The summed E-state index contributed by atoms with van der Waals surface area (Å²) in [5.41, 5.74) is 0.788. The molecule has 2 aliphatic heterocycles. The minimum Gasteiger partial charge on any atom is -0.390 e. The second-order valence-electron chi connectivity index (χ2n) is 30.8. The maximum absolute atomic E-state index is 15.3. The van der Waals surface area contributed by atoms with Gasteiger partial charge in [0.25, 0.3) is 0 Å². The molecule has 0 bridgehead atoms. The van der Waals surface area contributed by atoms with Gasteiger partial charge in [-0.1, -0.05) is 119 Å². The summed E-state index contributed by atoms with van der Waals surface area (Å²) in [6.07, 6.45) is 0.689. The number of hydrogen-bond acceptors (Lipinski definition) is 19. The second-order valence-corrected chi connectivity index (χ2v) is 31.9. The Morgan fingerprint density at radius 1 is 0.538 bits per heavy atom. The average molecular weight is 1510 g/mol. The van der Waals surface area contributed by atoms with E-state index in [0.29, 0.717) is 49.8 Å². The molecule has 11 amide bonds. The summed E-state index contributed by atoms with van der Waals surface area (Å²) in [5, 5.41) is 39.2. The standard InChI is InChI=1S/C75H128N16O14S/c1-23-55-71(100)84(17)52(15)70(99)89(22)62(53(16)105-37-29-28-34-90-35-38-104-39-36-90)68(97)79-59(47(8)9)74(103)85(18)56(41-44(2)3)65(94)76-50(13)64(93)77-51(14)69(98)86(19)57(42-45(4)5)72(101)87(20)58(43-46(6)7)73(102)88(21)61(48(10)11)67(96)80-60(66(95)78-55)63(92)49(12)31-27-30-40-106-75-81-82-83-91(75)54-32-25-24-26-33-54/h24-26,32-33,44-53,55-63,92H,23,27-31,34-43H2,1-22H3,(H,76,94)(H,77,93)(H,78,95)(H,79,97)(H,80,96)/t49-,50+,51-,52-,53-,55+,56+,57+,58+,59+,60+,61+,62+,63-/m1/s1. The average Bonchev–Trinajstić information content (AvgIpc) is 1.03. The van der Waals surface area contributed by atoms with E-state index in [9.17, 15) is 29.1 Å². The van der Waals surface area contributed by atoms with Crippen LogP contribution >= 0.6 is 11.8 Å². The molecule has 6 N–H and O–H groups in total. The van der Waals surface area contributed by atoms with Gasteiger partial charge in [0.15, 0.2) is 0 Å². The molecule has 1 aromatic carbocycles. The summed E-state index contributed by atoms with van der Waals surface area (Å²) in [6.45, 7) is 31.3. The van der Waals surface area contributed by atoms with Crippen LogP contribution in [-0.2, 0) is 62.2 Å². The molecule has 2 aromatic rings. The first-order valence-electron chi connectivity index (χ1n) is 38.0. The van der Waals surface area contributed by atoms with Crippen molar-refractivity contribution in [3.8, 4) is 5.69 Å². The number of morpholine rings is 1. The molecule has 1 aromatic heterocycles. The first-order chi connectivity index (χ1) is 49.8. The molecular formula is C75H128N16O14S. The van der Waals surface area contributed by atoms with Crippen LogP contribution in [0.15, 0.2) is 35.5 Å². The van der Waals surface area contributed by atoms with Gasteiger partial charge in [-0.15, -0.1) is 5.10 Å². The van der Waals surface area contributed by atoms with Crippen molar-refractivity contribution in [3.05, 3.63) is 30.3 Å². The van der Waals surface area contributed by atoms with Crippen LogP contribution in [0.5, 0.6) is 0 Å². The SMILES string of the molecule is CC[C@@H]1NC(=O)[C@H]([C@H](O)[C@H](C)CCCCSc2nnnn2-c2ccccc2)NC(=O)[C@H](C(C)C)N(C)C(=O)[C@H](CC(C)C)N(C)C(=O)[C@H](CC(C)C)N(C)C(=O)[C@@H](C)NC(=O)[C@H](C)NC(=O)[C@H](CC(C)C)N(C)C(=O)[C@H](C(C)C)NC(=O)[C@H]([C@@H](C)OCCCCN2CCOCC2)N(C)C(=O)[C@@H](C)N(C)C1=O. The van der Waals surface area contributed by atoms with Crippen molar-refractivity contribution in [2.75, 3.05) is 87.5 Å². The zero-order valence-electron chi connectivity index (χ0n) is 67.3. The van der Waals surface area contributed by atoms with Crippen LogP contribution in [0.1, 0.15) is 169 Å². The Labute approximate surface area is 633 Å². The van der Waals surface area contributed by atoms with Gasteiger partial charge in [-0.25, -0.2) is 0 Å². The molecule has 14 atom stereocenters. The van der Waals surface area contributed by atoms with E-state index >= 15 is 28.8 Å².